The quantitative estimate of drug-likeness (QED) is 0.466. The van der Waals surface area contributed by atoms with E-state index in [0.717, 1.165) is 16.6 Å². The molecule has 1 unspecified atom stereocenters. The maximum absolute atomic E-state index is 13.0. The van der Waals surface area contributed by atoms with Crippen LogP contribution in [0.25, 0.3) is 11.0 Å². The Labute approximate surface area is 180 Å². The largest absolute Gasteiger partial charge is 0.496 e. The first-order valence-corrected chi connectivity index (χ1v) is 9.97. The van der Waals surface area contributed by atoms with E-state index in [1.165, 1.54) is 0 Å². The van der Waals surface area contributed by atoms with Crippen molar-refractivity contribution in [2.45, 2.75) is 18.3 Å². The summed E-state index contributed by atoms with van der Waals surface area (Å²) in [6.45, 7) is 0. The van der Waals surface area contributed by atoms with Gasteiger partial charge >= 0.3 is 0 Å². The van der Waals surface area contributed by atoms with Gasteiger partial charge in [-0.2, -0.15) is 5.26 Å². The van der Waals surface area contributed by atoms with Crippen LogP contribution in [0.15, 0.2) is 78.9 Å². The zero-order chi connectivity index (χ0) is 21.7. The van der Waals surface area contributed by atoms with Crippen LogP contribution in [0.5, 0.6) is 5.75 Å². The van der Waals surface area contributed by atoms with E-state index in [-0.39, 0.29) is 18.7 Å². The second kappa shape index (κ2) is 8.72. The molecule has 0 saturated heterocycles. The van der Waals surface area contributed by atoms with Crippen LogP contribution >= 0.6 is 0 Å². The zero-order valence-electron chi connectivity index (χ0n) is 17.1. The monoisotopic (exact) mass is 410 g/mol. The molecule has 4 aromatic rings. The number of fused-ring (bicyclic) bond motifs is 1. The molecule has 1 heterocycles. The summed E-state index contributed by atoms with van der Waals surface area (Å²) in [5.74, 6) is 0.870. The van der Waals surface area contributed by atoms with E-state index in [0.29, 0.717) is 17.3 Å². The van der Waals surface area contributed by atoms with Crippen molar-refractivity contribution in [3.63, 3.8) is 0 Å². The first kappa shape index (κ1) is 20.2. The molecule has 154 valence electrons. The lowest BCUT2D eigenvalue weighted by molar-refractivity contribution is -0.117. The third kappa shape index (κ3) is 4.26. The van der Waals surface area contributed by atoms with Gasteiger partial charge in [0, 0.05) is 12.1 Å². The predicted octanol–water partition coefficient (Wildman–Crippen LogP) is 4.60. The highest BCUT2D eigenvalue weighted by Gasteiger charge is 2.39. The number of anilines is 1. The molecule has 3 aromatic carbocycles. The fourth-order valence-corrected chi connectivity index (χ4v) is 3.72. The molecule has 0 fully saturated rings. The van der Waals surface area contributed by atoms with Gasteiger partial charge in [0.25, 0.3) is 0 Å². The Morgan fingerprint density at radius 2 is 1.77 bits per heavy atom. The van der Waals surface area contributed by atoms with Crippen LogP contribution in [-0.4, -0.2) is 23.0 Å². The number of carbonyl (C=O) groups is 1. The summed E-state index contributed by atoms with van der Waals surface area (Å²) in [7, 11) is 1.59. The molecule has 0 aliphatic carbocycles. The summed E-state index contributed by atoms with van der Waals surface area (Å²) < 4.78 is 5.49. The van der Waals surface area contributed by atoms with E-state index in [2.05, 4.69) is 21.4 Å². The number of ether oxygens (including phenoxy) is 1. The molecule has 1 atom stereocenters. The van der Waals surface area contributed by atoms with E-state index >= 15 is 0 Å². The fourth-order valence-electron chi connectivity index (χ4n) is 3.72. The van der Waals surface area contributed by atoms with Crippen LogP contribution < -0.4 is 10.1 Å². The van der Waals surface area contributed by atoms with Crippen molar-refractivity contribution >= 4 is 22.6 Å². The predicted molar refractivity (Wildman–Crippen MR) is 120 cm³/mol. The van der Waals surface area contributed by atoms with Gasteiger partial charge in [-0.3, -0.25) is 4.79 Å². The lowest BCUT2D eigenvalue weighted by Crippen LogP contribution is -2.34. The number of carbonyl (C=O) groups excluding carboxylic acids is 1. The second-order valence-electron chi connectivity index (χ2n) is 7.38. The zero-order valence-corrected chi connectivity index (χ0v) is 17.1. The average Bonchev–Trinajstić information content (AvgIpc) is 3.24. The van der Waals surface area contributed by atoms with E-state index in [1.807, 2.05) is 78.9 Å². The third-order valence-corrected chi connectivity index (χ3v) is 5.26. The van der Waals surface area contributed by atoms with Gasteiger partial charge in [0.05, 0.1) is 30.6 Å². The van der Waals surface area contributed by atoms with E-state index in [4.69, 9.17) is 4.74 Å². The van der Waals surface area contributed by atoms with Gasteiger partial charge in [-0.25, -0.2) is 4.98 Å². The van der Waals surface area contributed by atoms with Crippen molar-refractivity contribution in [2.75, 3.05) is 12.4 Å². The van der Waals surface area contributed by atoms with Gasteiger partial charge in [0.1, 0.15) is 17.0 Å². The molecule has 0 saturated carbocycles. The number of nitrogens with one attached hydrogen (secondary N) is 2. The summed E-state index contributed by atoms with van der Waals surface area (Å²) in [5, 5.41) is 13.3. The molecule has 6 heteroatoms. The first-order valence-electron chi connectivity index (χ1n) is 9.97. The maximum Gasteiger partial charge on any atom is 0.226 e. The minimum atomic E-state index is -1.20. The maximum atomic E-state index is 13.0. The number of para-hydroxylation sites is 4. The Kier molecular flexibility index (Phi) is 5.67. The van der Waals surface area contributed by atoms with Crippen LogP contribution in [0, 0.1) is 11.3 Å². The first-order chi connectivity index (χ1) is 15.1. The highest BCUT2D eigenvalue weighted by Crippen LogP contribution is 2.34. The van der Waals surface area contributed by atoms with Crippen LogP contribution in [0.3, 0.4) is 0 Å². The Bertz CT molecular complexity index is 1210. The number of benzene rings is 3. The minimum absolute atomic E-state index is 0.0593. The van der Waals surface area contributed by atoms with E-state index in [1.54, 1.807) is 7.11 Å². The van der Waals surface area contributed by atoms with Crippen molar-refractivity contribution in [3.8, 4) is 11.8 Å². The topological polar surface area (TPSA) is 90.8 Å². The number of imidazole rings is 1. The summed E-state index contributed by atoms with van der Waals surface area (Å²) in [6.07, 6.45) is 0.214. The smallest absolute Gasteiger partial charge is 0.226 e. The molecule has 0 aliphatic heterocycles. The molecule has 0 radical (unpaired) electrons. The minimum Gasteiger partial charge on any atom is -0.496 e. The van der Waals surface area contributed by atoms with Gasteiger partial charge < -0.3 is 15.0 Å². The van der Waals surface area contributed by atoms with Crippen molar-refractivity contribution in [3.05, 3.63) is 90.3 Å². The van der Waals surface area contributed by atoms with Gasteiger partial charge in [-0.05, 0) is 35.9 Å². The molecule has 0 spiro atoms. The molecule has 0 aliphatic rings. The highest BCUT2D eigenvalue weighted by molar-refractivity contribution is 5.92. The second-order valence-corrected chi connectivity index (χ2v) is 7.38. The number of rotatable bonds is 7. The number of methoxy groups -OCH3 is 1. The Morgan fingerprint density at radius 3 is 2.52 bits per heavy atom. The van der Waals surface area contributed by atoms with Gasteiger partial charge in [-0.1, -0.05) is 48.5 Å². The number of aromatic amines is 1. The summed E-state index contributed by atoms with van der Waals surface area (Å²) in [5.41, 5.74) is 1.88. The molecular weight excluding hydrogens is 388 g/mol. The van der Waals surface area contributed by atoms with Crippen LogP contribution in [0.1, 0.15) is 17.8 Å². The number of aromatic nitrogens is 2. The number of hydrogen-bond donors (Lipinski definition) is 2. The normalized spacial score (nSPS) is 12.6. The van der Waals surface area contributed by atoms with Gasteiger partial charge in [0.2, 0.25) is 5.91 Å². The molecule has 1 aromatic heterocycles. The van der Waals surface area contributed by atoms with Gasteiger partial charge in [0.15, 0.2) is 0 Å². The van der Waals surface area contributed by atoms with Gasteiger partial charge in [-0.15, -0.1) is 0 Å². The Balaban J connectivity index is 1.74. The number of amides is 1. The van der Waals surface area contributed by atoms with Crippen molar-refractivity contribution in [2.24, 2.45) is 0 Å². The Morgan fingerprint density at radius 1 is 1.06 bits per heavy atom. The number of H-pyrrole nitrogens is 1. The number of nitrogens with zero attached hydrogens (tertiary/aromatic N) is 2. The molecule has 31 heavy (non-hydrogen) atoms. The molecule has 1 amide bonds. The molecule has 4 rings (SSSR count). The third-order valence-electron chi connectivity index (χ3n) is 5.26. The van der Waals surface area contributed by atoms with E-state index in [9.17, 15) is 10.1 Å². The van der Waals surface area contributed by atoms with Crippen LogP contribution in [-0.2, 0) is 16.6 Å². The fraction of sp³-hybridized carbons (Fsp3) is 0.160. The lowest BCUT2D eigenvalue weighted by atomic mass is 9.78. The molecule has 0 bridgehead atoms. The van der Waals surface area contributed by atoms with Crippen molar-refractivity contribution in [1.82, 2.24) is 9.97 Å². The summed E-state index contributed by atoms with van der Waals surface area (Å²) >= 11 is 0. The number of hydrogen-bond acceptors (Lipinski definition) is 4. The summed E-state index contributed by atoms with van der Waals surface area (Å²) in [4.78, 5) is 20.9. The summed E-state index contributed by atoms with van der Waals surface area (Å²) in [6, 6.07) is 26.7. The molecular formula is C25H22N4O2. The van der Waals surface area contributed by atoms with Crippen LogP contribution in [0.4, 0.5) is 5.69 Å². The number of nitriles is 1. The lowest BCUT2D eigenvalue weighted by Gasteiger charge is -2.25. The molecule has 6 nitrogen and oxygen atoms in total. The van der Waals surface area contributed by atoms with Crippen molar-refractivity contribution in [1.29, 1.82) is 5.26 Å². The highest BCUT2D eigenvalue weighted by atomic mass is 16.5. The standard InChI is InChI=1S/C25H22N4O2/c1-31-22-14-8-5-9-18(22)15-25(17-26,16-23(30)27-19-10-3-2-4-11-19)24-28-20-12-6-7-13-21(20)29-24/h2-14H,15-16H2,1H3,(H,27,30)(H,28,29). The van der Waals surface area contributed by atoms with E-state index < -0.39 is 5.41 Å². The molecule has 2 N–H and O–H groups in total. The van der Waals surface area contributed by atoms with Crippen LogP contribution in [0.2, 0.25) is 0 Å². The SMILES string of the molecule is COc1ccccc1CC(C#N)(CC(=O)Nc1ccccc1)c1nc2ccccc2[nH]1. The Hall–Kier alpha value is -4.11. The van der Waals surface area contributed by atoms with Crippen molar-refractivity contribution < 1.29 is 9.53 Å². The average molecular weight is 410 g/mol.